The molecule has 1 unspecified atom stereocenters. The maximum Gasteiger partial charge on any atom is 0.0472 e. The molecule has 2 N–H and O–H groups in total. The average molecular weight is 285 g/mol. The van der Waals surface area contributed by atoms with Gasteiger partial charge in [-0.25, -0.2) is 0 Å². The third-order valence-corrected chi connectivity index (χ3v) is 6.90. The van der Waals surface area contributed by atoms with Crippen LogP contribution in [0, 0.1) is 11.3 Å². The second kappa shape index (κ2) is 6.36. The number of nitrogens with two attached hydrogens (primary N) is 1. The molecule has 2 saturated heterocycles. The van der Waals surface area contributed by atoms with Crippen molar-refractivity contribution in [3.8, 4) is 0 Å². The van der Waals surface area contributed by atoms with Gasteiger partial charge in [0.05, 0.1) is 0 Å². The monoisotopic (exact) mass is 284 g/mol. The first-order valence-electron chi connectivity index (χ1n) is 8.08. The highest BCUT2D eigenvalue weighted by molar-refractivity contribution is 7.99. The Kier molecular flexibility index (Phi) is 5.24. The van der Waals surface area contributed by atoms with Crippen molar-refractivity contribution in [3.63, 3.8) is 0 Å². The highest BCUT2D eigenvalue weighted by Crippen LogP contribution is 2.46. The Morgan fingerprint density at radius 3 is 2.47 bits per heavy atom. The van der Waals surface area contributed by atoms with Crippen molar-refractivity contribution in [3.05, 3.63) is 0 Å². The third-order valence-electron chi connectivity index (χ3n) is 5.73. The van der Waals surface area contributed by atoms with Crippen LogP contribution in [0.1, 0.15) is 52.9 Å². The second-order valence-corrected chi connectivity index (χ2v) is 8.25. The number of hydrogen-bond acceptors (Lipinski definition) is 3. The van der Waals surface area contributed by atoms with E-state index < -0.39 is 0 Å². The summed E-state index contributed by atoms with van der Waals surface area (Å²) < 4.78 is 0. The van der Waals surface area contributed by atoms with Gasteiger partial charge in [-0.2, -0.15) is 11.8 Å². The van der Waals surface area contributed by atoms with Crippen molar-refractivity contribution in [1.29, 1.82) is 0 Å². The van der Waals surface area contributed by atoms with Crippen molar-refractivity contribution in [2.45, 2.75) is 58.4 Å². The third kappa shape index (κ3) is 2.98. The topological polar surface area (TPSA) is 29.3 Å². The number of rotatable bonds is 4. The van der Waals surface area contributed by atoms with Gasteiger partial charge in [0.1, 0.15) is 0 Å². The van der Waals surface area contributed by atoms with E-state index in [1.807, 2.05) is 0 Å². The van der Waals surface area contributed by atoms with Crippen LogP contribution in [0.4, 0.5) is 0 Å². The van der Waals surface area contributed by atoms with Crippen LogP contribution in [0.2, 0.25) is 0 Å². The minimum atomic E-state index is 0.243. The number of hydrogen-bond donors (Lipinski definition) is 1. The normalized spacial score (nSPS) is 33.5. The molecule has 2 nitrogen and oxygen atoms in total. The molecule has 0 aromatic heterocycles. The lowest BCUT2D eigenvalue weighted by molar-refractivity contribution is -0.0202. The number of likely N-dealkylation sites (tertiary alicyclic amines) is 1. The summed E-state index contributed by atoms with van der Waals surface area (Å²) in [4.78, 5) is 2.76. The van der Waals surface area contributed by atoms with Crippen LogP contribution in [-0.2, 0) is 0 Å². The van der Waals surface area contributed by atoms with Crippen LogP contribution >= 0.6 is 11.8 Å². The highest BCUT2D eigenvalue weighted by Gasteiger charge is 2.50. The molecule has 3 heteroatoms. The van der Waals surface area contributed by atoms with Gasteiger partial charge in [-0.1, -0.05) is 33.6 Å². The predicted molar refractivity (Wildman–Crippen MR) is 86.7 cm³/mol. The van der Waals surface area contributed by atoms with E-state index in [9.17, 15) is 0 Å². The van der Waals surface area contributed by atoms with Crippen LogP contribution in [0.25, 0.3) is 0 Å². The Morgan fingerprint density at radius 1 is 1.26 bits per heavy atom. The lowest BCUT2D eigenvalue weighted by Crippen LogP contribution is -2.67. The first-order valence-corrected chi connectivity index (χ1v) is 9.24. The Bertz CT molecular complexity index is 284. The maximum atomic E-state index is 6.28. The number of thioether (sulfide) groups is 1. The first kappa shape index (κ1) is 15.7. The van der Waals surface area contributed by atoms with Crippen LogP contribution < -0.4 is 5.73 Å². The van der Waals surface area contributed by atoms with E-state index in [1.54, 1.807) is 0 Å². The zero-order chi connectivity index (χ0) is 13.9. The number of piperidine rings is 1. The summed E-state index contributed by atoms with van der Waals surface area (Å²) in [6, 6.07) is 0. The fraction of sp³-hybridized carbons (Fsp3) is 1.00. The fourth-order valence-corrected chi connectivity index (χ4v) is 5.87. The van der Waals surface area contributed by atoms with E-state index in [1.165, 1.54) is 56.7 Å². The molecule has 1 atom stereocenters. The van der Waals surface area contributed by atoms with E-state index in [0.29, 0.717) is 5.41 Å². The molecule has 19 heavy (non-hydrogen) atoms. The molecule has 0 amide bonds. The fourth-order valence-electron chi connectivity index (χ4n) is 4.04. The van der Waals surface area contributed by atoms with Crippen molar-refractivity contribution in [2.75, 3.05) is 31.1 Å². The minimum Gasteiger partial charge on any atom is -0.329 e. The SMILES string of the molecule is CCCC1CCN(C2(CN)CSCCC2(C)C)CC1. The van der Waals surface area contributed by atoms with Gasteiger partial charge in [0.2, 0.25) is 0 Å². The minimum absolute atomic E-state index is 0.243. The van der Waals surface area contributed by atoms with Crippen LogP contribution in [0.5, 0.6) is 0 Å². The zero-order valence-electron chi connectivity index (χ0n) is 13.1. The summed E-state index contributed by atoms with van der Waals surface area (Å²) >= 11 is 2.11. The molecule has 2 heterocycles. The lowest BCUT2D eigenvalue weighted by atomic mass is 9.69. The lowest BCUT2D eigenvalue weighted by Gasteiger charge is -2.57. The molecule has 0 bridgehead atoms. The molecule has 0 spiro atoms. The molecule has 2 aliphatic rings. The Morgan fingerprint density at radius 2 is 1.95 bits per heavy atom. The maximum absolute atomic E-state index is 6.28. The molecular formula is C16H32N2S. The van der Waals surface area contributed by atoms with E-state index in [0.717, 1.165) is 12.5 Å². The Balaban J connectivity index is 2.06. The summed E-state index contributed by atoms with van der Waals surface area (Å²) in [7, 11) is 0. The van der Waals surface area contributed by atoms with Crippen LogP contribution in [-0.4, -0.2) is 41.6 Å². The highest BCUT2D eigenvalue weighted by atomic mass is 32.2. The molecule has 0 radical (unpaired) electrons. The van der Waals surface area contributed by atoms with Gasteiger partial charge in [0.15, 0.2) is 0 Å². The molecular weight excluding hydrogens is 252 g/mol. The van der Waals surface area contributed by atoms with Crippen molar-refractivity contribution < 1.29 is 0 Å². The smallest absolute Gasteiger partial charge is 0.0472 e. The Hall–Kier alpha value is 0.270. The van der Waals surface area contributed by atoms with Gasteiger partial charge in [0, 0.05) is 17.8 Å². The summed E-state index contributed by atoms with van der Waals surface area (Å²) in [5.74, 6) is 3.51. The first-order chi connectivity index (χ1) is 9.05. The molecule has 0 aliphatic carbocycles. The van der Waals surface area contributed by atoms with Crippen molar-refractivity contribution in [2.24, 2.45) is 17.1 Å². The zero-order valence-corrected chi connectivity index (χ0v) is 13.9. The molecule has 0 aromatic rings. The average Bonchev–Trinajstić information content (AvgIpc) is 2.40. The summed E-state index contributed by atoms with van der Waals surface area (Å²) in [6.45, 7) is 10.6. The van der Waals surface area contributed by atoms with Crippen molar-refractivity contribution >= 4 is 11.8 Å². The van der Waals surface area contributed by atoms with E-state index in [-0.39, 0.29) is 5.54 Å². The largest absolute Gasteiger partial charge is 0.329 e. The summed E-state index contributed by atoms with van der Waals surface area (Å²) in [5, 5.41) is 0. The van der Waals surface area contributed by atoms with Crippen LogP contribution in [0.15, 0.2) is 0 Å². The van der Waals surface area contributed by atoms with Gasteiger partial charge in [-0.05, 0) is 49.4 Å². The molecule has 2 fully saturated rings. The van der Waals surface area contributed by atoms with Crippen LogP contribution in [0.3, 0.4) is 0 Å². The van der Waals surface area contributed by atoms with E-state index >= 15 is 0 Å². The second-order valence-electron chi connectivity index (χ2n) is 7.14. The van der Waals surface area contributed by atoms with Gasteiger partial charge >= 0.3 is 0 Å². The Labute approximate surface area is 123 Å². The molecule has 0 aromatic carbocycles. The predicted octanol–water partition coefficient (Wildman–Crippen LogP) is 3.36. The summed E-state index contributed by atoms with van der Waals surface area (Å²) in [6.07, 6.45) is 6.84. The molecule has 112 valence electrons. The molecule has 2 aliphatic heterocycles. The number of nitrogens with zero attached hydrogens (tertiary/aromatic N) is 1. The molecule has 0 saturated carbocycles. The van der Waals surface area contributed by atoms with Gasteiger partial charge in [-0.3, -0.25) is 4.90 Å². The standard InChI is InChI=1S/C16H32N2S/c1-4-5-14-6-9-18(10-7-14)16(12-17)13-19-11-8-15(16,2)3/h14H,4-13,17H2,1-3H3. The molecule has 2 rings (SSSR count). The van der Waals surface area contributed by atoms with E-state index in [4.69, 9.17) is 5.73 Å². The van der Waals surface area contributed by atoms with Gasteiger partial charge < -0.3 is 5.73 Å². The van der Waals surface area contributed by atoms with Crippen molar-refractivity contribution in [1.82, 2.24) is 4.90 Å². The quantitative estimate of drug-likeness (QED) is 0.858. The van der Waals surface area contributed by atoms with Gasteiger partial charge in [0.25, 0.3) is 0 Å². The van der Waals surface area contributed by atoms with Gasteiger partial charge in [-0.15, -0.1) is 0 Å². The van der Waals surface area contributed by atoms with E-state index in [2.05, 4.69) is 37.4 Å². The summed E-state index contributed by atoms with van der Waals surface area (Å²) in [5.41, 5.74) is 6.89.